The highest BCUT2D eigenvalue weighted by Crippen LogP contribution is 2.28. The van der Waals surface area contributed by atoms with Gasteiger partial charge in [-0.25, -0.2) is 22.1 Å². The molecule has 1 unspecified atom stereocenters. The van der Waals surface area contributed by atoms with Crippen molar-refractivity contribution in [2.24, 2.45) is 5.14 Å². The maximum absolute atomic E-state index is 12.6. The summed E-state index contributed by atoms with van der Waals surface area (Å²) in [5.41, 5.74) is -0.252. The lowest BCUT2D eigenvalue weighted by atomic mass is 10.0. The van der Waals surface area contributed by atoms with Gasteiger partial charge in [0.15, 0.2) is 0 Å². The van der Waals surface area contributed by atoms with Crippen LogP contribution in [0.4, 0.5) is 0 Å². The zero-order valence-corrected chi connectivity index (χ0v) is 13.7. The summed E-state index contributed by atoms with van der Waals surface area (Å²) < 4.78 is 42.6. The smallest absolute Gasteiger partial charge is 0.238 e. The van der Waals surface area contributed by atoms with E-state index in [1.165, 1.54) is 12.1 Å². The summed E-state index contributed by atoms with van der Waals surface area (Å²) in [6.45, 7) is 2.91. The molecule has 2 aliphatic heterocycles. The van der Waals surface area contributed by atoms with Crippen LogP contribution >= 0.6 is 0 Å². The number of sulfonamides is 1. The lowest BCUT2D eigenvalue weighted by Gasteiger charge is -2.37. The van der Waals surface area contributed by atoms with Gasteiger partial charge in [0.25, 0.3) is 0 Å². The molecule has 2 aliphatic rings. The molecule has 3 N–H and O–H groups in total. The molecule has 0 radical (unpaired) electrons. The van der Waals surface area contributed by atoms with E-state index in [1.54, 1.807) is 12.1 Å². The fraction of sp³-hybridized carbons (Fsp3) is 0.538. The predicted molar refractivity (Wildman–Crippen MR) is 81.7 cm³/mol. The van der Waals surface area contributed by atoms with E-state index in [0.717, 1.165) is 26.0 Å². The standard InChI is InChI=1S/C13H19N3O4S2/c14-22(18,19)12-3-1-11(2-4-12)21(17)16-8-5-13(6-9-16)15-7-10-20-13/h1-4,15H,5-10H2,(H2,14,18,19). The molecule has 3 rings (SSSR count). The SMILES string of the molecule is NS(=O)(=O)c1ccc(S(=O)N2CCC3(CC2)NCCO3)cc1. The molecule has 2 heterocycles. The third kappa shape index (κ3) is 3.24. The van der Waals surface area contributed by atoms with E-state index in [1.807, 2.05) is 4.31 Å². The van der Waals surface area contributed by atoms with Gasteiger partial charge in [-0.1, -0.05) is 0 Å². The lowest BCUT2D eigenvalue weighted by Crippen LogP contribution is -2.51. The molecule has 1 atom stereocenters. The molecule has 0 saturated carbocycles. The van der Waals surface area contributed by atoms with Crippen molar-refractivity contribution in [3.05, 3.63) is 24.3 Å². The van der Waals surface area contributed by atoms with Gasteiger partial charge in [-0.2, -0.15) is 0 Å². The number of primary sulfonamides is 1. The van der Waals surface area contributed by atoms with Crippen molar-refractivity contribution in [1.29, 1.82) is 0 Å². The van der Waals surface area contributed by atoms with Gasteiger partial charge in [0.2, 0.25) is 10.0 Å². The summed E-state index contributed by atoms with van der Waals surface area (Å²) in [5.74, 6) is 0. The molecule has 1 aromatic rings. The van der Waals surface area contributed by atoms with Crippen LogP contribution in [0.3, 0.4) is 0 Å². The minimum absolute atomic E-state index is 0.0226. The van der Waals surface area contributed by atoms with Gasteiger partial charge in [-0.15, -0.1) is 0 Å². The van der Waals surface area contributed by atoms with Crippen LogP contribution in [0.25, 0.3) is 0 Å². The van der Waals surface area contributed by atoms with E-state index >= 15 is 0 Å². The van der Waals surface area contributed by atoms with Crippen LogP contribution in [-0.2, 0) is 25.7 Å². The predicted octanol–water partition coefficient (Wildman–Crippen LogP) is -0.231. The van der Waals surface area contributed by atoms with Crippen molar-refractivity contribution in [3.8, 4) is 0 Å². The quantitative estimate of drug-likeness (QED) is 0.788. The van der Waals surface area contributed by atoms with Crippen LogP contribution in [0.2, 0.25) is 0 Å². The Balaban J connectivity index is 1.67. The summed E-state index contributed by atoms with van der Waals surface area (Å²) >= 11 is 0. The second-order valence-corrected chi connectivity index (χ2v) is 8.51. The van der Waals surface area contributed by atoms with E-state index in [-0.39, 0.29) is 10.6 Å². The van der Waals surface area contributed by atoms with Crippen molar-refractivity contribution in [1.82, 2.24) is 9.62 Å². The van der Waals surface area contributed by atoms with Crippen molar-refractivity contribution >= 4 is 21.0 Å². The Morgan fingerprint density at radius 3 is 2.36 bits per heavy atom. The van der Waals surface area contributed by atoms with Crippen LogP contribution in [0.15, 0.2) is 34.1 Å². The van der Waals surface area contributed by atoms with Crippen molar-refractivity contribution in [3.63, 3.8) is 0 Å². The number of ether oxygens (including phenoxy) is 1. The van der Waals surface area contributed by atoms with Gasteiger partial charge < -0.3 is 4.74 Å². The first-order valence-corrected chi connectivity index (χ1v) is 9.74. The first-order chi connectivity index (χ1) is 10.4. The number of nitrogens with two attached hydrogens (primary N) is 1. The van der Waals surface area contributed by atoms with Crippen LogP contribution < -0.4 is 10.5 Å². The molecule has 9 heteroatoms. The Morgan fingerprint density at radius 1 is 1.23 bits per heavy atom. The minimum Gasteiger partial charge on any atom is -0.359 e. The van der Waals surface area contributed by atoms with E-state index in [2.05, 4.69) is 5.32 Å². The fourth-order valence-electron chi connectivity index (χ4n) is 2.81. The highest BCUT2D eigenvalue weighted by Gasteiger charge is 2.39. The average molecular weight is 345 g/mol. The molecular weight excluding hydrogens is 326 g/mol. The van der Waals surface area contributed by atoms with Crippen LogP contribution in [0.1, 0.15) is 12.8 Å². The highest BCUT2D eigenvalue weighted by atomic mass is 32.2. The zero-order valence-electron chi connectivity index (χ0n) is 12.0. The van der Waals surface area contributed by atoms with Gasteiger partial charge in [0.1, 0.15) is 16.7 Å². The van der Waals surface area contributed by atoms with E-state index in [0.29, 0.717) is 18.0 Å². The number of piperidine rings is 1. The van der Waals surface area contributed by atoms with E-state index < -0.39 is 21.0 Å². The molecule has 122 valence electrons. The summed E-state index contributed by atoms with van der Waals surface area (Å²) in [6.07, 6.45) is 1.57. The molecule has 2 fully saturated rings. The normalized spacial score (nSPS) is 23.7. The lowest BCUT2D eigenvalue weighted by molar-refractivity contribution is -0.0440. The van der Waals surface area contributed by atoms with E-state index in [4.69, 9.17) is 9.88 Å². The Morgan fingerprint density at radius 2 is 1.86 bits per heavy atom. The van der Waals surface area contributed by atoms with Crippen molar-refractivity contribution < 1.29 is 17.4 Å². The van der Waals surface area contributed by atoms with Crippen LogP contribution in [0.5, 0.6) is 0 Å². The maximum Gasteiger partial charge on any atom is 0.238 e. The number of hydrogen-bond donors (Lipinski definition) is 2. The van der Waals surface area contributed by atoms with Gasteiger partial charge in [-0.3, -0.25) is 5.32 Å². The van der Waals surface area contributed by atoms with Gasteiger partial charge in [0.05, 0.1) is 16.4 Å². The second-order valence-electron chi connectivity index (χ2n) is 5.46. The van der Waals surface area contributed by atoms with Crippen molar-refractivity contribution in [2.45, 2.75) is 28.4 Å². The first kappa shape index (κ1) is 16.0. The number of nitrogens with one attached hydrogen (secondary N) is 1. The zero-order chi connectivity index (χ0) is 15.8. The van der Waals surface area contributed by atoms with E-state index in [9.17, 15) is 12.6 Å². The molecule has 0 aromatic heterocycles. The van der Waals surface area contributed by atoms with Gasteiger partial charge >= 0.3 is 0 Å². The summed E-state index contributed by atoms with van der Waals surface area (Å²) in [4.78, 5) is 0.595. The Labute approximate surface area is 132 Å². The van der Waals surface area contributed by atoms with Crippen LogP contribution in [-0.4, -0.2) is 48.9 Å². The van der Waals surface area contributed by atoms with Gasteiger partial charge in [-0.05, 0) is 24.3 Å². The second kappa shape index (κ2) is 5.99. The summed E-state index contributed by atoms with van der Waals surface area (Å²) in [5, 5.41) is 8.42. The Bertz CT molecular complexity index is 659. The molecule has 0 bridgehead atoms. The number of nitrogens with zero attached hydrogens (tertiary/aromatic N) is 1. The molecule has 0 amide bonds. The number of benzene rings is 1. The first-order valence-electron chi connectivity index (χ1n) is 7.08. The molecule has 1 aromatic carbocycles. The maximum atomic E-state index is 12.6. The molecule has 7 nitrogen and oxygen atoms in total. The molecule has 22 heavy (non-hydrogen) atoms. The monoisotopic (exact) mass is 345 g/mol. The Kier molecular flexibility index (Phi) is 4.36. The highest BCUT2D eigenvalue weighted by molar-refractivity contribution is 7.89. The molecule has 2 saturated heterocycles. The number of hydrogen-bond acceptors (Lipinski definition) is 5. The summed E-state index contributed by atoms with van der Waals surface area (Å²) in [7, 11) is -5.03. The third-order valence-corrected chi connectivity index (χ3v) is 6.48. The molecular formula is C13H19N3O4S2. The topological polar surface area (TPSA) is 102 Å². The fourth-order valence-corrected chi connectivity index (χ4v) is 4.50. The van der Waals surface area contributed by atoms with Crippen molar-refractivity contribution in [2.75, 3.05) is 26.2 Å². The molecule has 1 spiro atoms. The third-order valence-electron chi connectivity index (χ3n) is 4.05. The largest absolute Gasteiger partial charge is 0.359 e. The number of rotatable bonds is 3. The summed E-state index contributed by atoms with van der Waals surface area (Å²) in [6, 6.07) is 5.86. The average Bonchev–Trinajstić information content (AvgIpc) is 2.95. The Hall–Kier alpha value is -0.840. The minimum atomic E-state index is -3.72. The molecule has 0 aliphatic carbocycles. The van der Waals surface area contributed by atoms with Crippen LogP contribution in [0, 0.1) is 0 Å². The van der Waals surface area contributed by atoms with Gasteiger partial charge in [0, 0.05) is 32.5 Å².